The number of ether oxygens (including phenoxy) is 1. The summed E-state index contributed by atoms with van der Waals surface area (Å²) in [6.07, 6.45) is -0.489. The highest BCUT2D eigenvalue weighted by Crippen LogP contribution is 2.26. The van der Waals surface area contributed by atoms with E-state index in [1.807, 2.05) is 17.5 Å². The van der Waals surface area contributed by atoms with E-state index in [0.29, 0.717) is 32.2 Å². The molecule has 0 saturated heterocycles. The third-order valence-corrected chi connectivity index (χ3v) is 4.50. The van der Waals surface area contributed by atoms with Crippen molar-refractivity contribution in [2.24, 2.45) is 5.92 Å². The molecule has 4 nitrogen and oxygen atoms in total. The Morgan fingerprint density at radius 1 is 1.35 bits per heavy atom. The van der Waals surface area contributed by atoms with Gasteiger partial charge in [-0.05, 0) is 18.1 Å². The van der Waals surface area contributed by atoms with Crippen LogP contribution in [0, 0.1) is 5.92 Å². The predicted octanol–water partition coefficient (Wildman–Crippen LogP) is 3.70. The zero-order chi connectivity index (χ0) is 16.7. The molecule has 0 aliphatic heterocycles. The first-order valence-electron chi connectivity index (χ1n) is 7.71. The van der Waals surface area contributed by atoms with E-state index >= 15 is 0 Å². The second-order valence-electron chi connectivity index (χ2n) is 5.87. The molecule has 0 bridgehead atoms. The van der Waals surface area contributed by atoms with Gasteiger partial charge in [-0.2, -0.15) is 0 Å². The Kier molecular flexibility index (Phi) is 7.65. The van der Waals surface area contributed by atoms with Crippen LogP contribution in [-0.2, 0) is 11.3 Å². The Balaban J connectivity index is 1.75. The number of nitrogens with zero attached hydrogens (tertiary/aromatic N) is 1. The van der Waals surface area contributed by atoms with Gasteiger partial charge in [0.1, 0.15) is 5.01 Å². The topological polar surface area (TPSA) is 54.4 Å². The van der Waals surface area contributed by atoms with Gasteiger partial charge < -0.3 is 15.2 Å². The van der Waals surface area contributed by atoms with Crippen LogP contribution in [0.2, 0.25) is 0 Å². The lowest BCUT2D eigenvalue weighted by atomic mass is 10.2. The maximum absolute atomic E-state index is 9.84. The Hall–Kier alpha value is -0.790. The van der Waals surface area contributed by atoms with Crippen molar-refractivity contribution in [1.29, 1.82) is 0 Å². The Morgan fingerprint density at radius 2 is 2.17 bits per heavy atom. The van der Waals surface area contributed by atoms with E-state index in [-0.39, 0.29) is 0 Å². The maximum atomic E-state index is 9.84. The van der Waals surface area contributed by atoms with Gasteiger partial charge in [0.25, 0.3) is 0 Å². The second-order valence-corrected chi connectivity index (χ2v) is 7.64. The van der Waals surface area contributed by atoms with Crippen LogP contribution in [0.5, 0.6) is 0 Å². The molecule has 6 heteroatoms. The summed E-state index contributed by atoms with van der Waals surface area (Å²) >= 11 is 5.11. The van der Waals surface area contributed by atoms with Crippen LogP contribution in [0.4, 0.5) is 0 Å². The molecule has 0 saturated carbocycles. The van der Waals surface area contributed by atoms with Crippen molar-refractivity contribution in [2.45, 2.75) is 26.5 Å². The number of rotatable bonds is 9. The number of aliphatic hydroxyl groups is 1. The van der Waals surface area contributed by atoms with Gasteiger partial charge >= 0.3 is 0 Å². The van der Waals surface area contributed by atoms with Gasteiger partial charge in [0.2, 0.25) is 0 Å². The molecule has 23 heavy (non-hydrogen) atoms. The molecule has 0 aliphatic carbocycles. The average Bonchev–Trinajstić information content (AvgIpc) is 2.96. The van der Waals surface area contributed by atoms with Crippen LogP contribution >= 0.6 is 27.3 Å². The highest BCUT2D eigenvalue weighted by molar-refractivity contribution is 9.10. The minimum absolute atomic E-state index is 0.367. The maximum Gasteiger partial charge on any atom is 0.123 e. The first kappa shape index (κ1) is 18.5. The van der Waals surface area contributed by atoms with Gasteiger partial charge in [-0.3, -0.25) is 0 Å². The van der Waals surface area contributed by atoms with Gasteiger partial charge in [-0.15, -0.1) is 11.3 Å². The van der Waals surface area contributed by atoms with Crippen LogP contribution in [0.15, 0.2) is 34.1 Å². The molecule has 2 rings (SSSR count). The molecule has 126 valence electrons. The Morgan fingerprint density at radius 3 is 2.91 bits per heavy atom. The summed E-state index contributed by atoms with van der Waals surface area (Å²) in [5.74, 6) is 0.488. The molecule has 2 N–H and O–H groups in total. The van der Waals surface area contributed by atoms with Crippen molar-refractivity contribution in [3.8, 4) is 10.6 Å². The molecule has 1 aromatic carbocycles. The number of thiazole rings is 1. The first-order valence-corrected chi connectivity index (χ1v) is 9.38. The fourth-order valence-corrected chi connectivity index (χ4v) is 3.22. The molecule has 0 fully saturated rings. The summed E-state index contributed by atoms with van der Waals surface area (Å²) in [6, 6.07) is 8.12. The summed E-state index contributed by atoms with van der Waals surface area (Å²) < 4.78 is 6.48. The minimum atomic E-state index is -0.489. The number of hydrogen-bond donors (Lipinski definition) is 2. The highest BCUT2D eigenvalue weighted by atomic mass is 79.9. The van der Waals surface area contributed by atoms with Gasteiger partial charge in [-0.25, -0.2) is 4.98 Å². The zero-order valence-electron chi connectivity index (χ0n) is 13.5. The number of nitrogens with one attached hydrogen (secondary N) is 1. The van der Waals surface area contributed by atoms with Crippen LogP contribution in [0.25, 0.3) is 10.6 Å². The molecule has 1 heterocycles. The van der Waals surface area contributed by atoms with Gasteiger partial charge in [0, 0.05) is 35.1 Å². The van der Waals surface area contributed by atoms with Crippen LogP contribution in [0.1, 0.15) is 19.5 Å². The van der Waals surface area contributed by atoms with Crippen LogP contribution in [-0.4, -0.2) is 36.0 Å². The largest absolute Gasteiger partial charge is 0.389 e. The molecular formula is C17H23BrN2O2S. The van der Waals surface area contributed by atoms with Crippen molar-refractivity contribution >= 4 is 27.3 Å². The number of benzene rings is 1. The highest BCUT2D eigenvalue weighted by Gasteiger charge is 2.07. The van der Waals surface area contributed by atoms with Gasteiger partial charge in [-0.1, -0.05) is 41.9 Å². The Bertz CT molecular complexity index is 604. The normalized spacial score (nSPS) is 12.7. The van der Waals surface area contributed by atoms with Crippen molar-refractivity contribution in [1.82, 2.24) is 10.3 Å². The lowest BCUT2D eigenvalue weighted by Crippen LogP contribution is -2.30. The molecule has 0 amide bonds. The fraction of sp³-hybridized carbons (Fsp3) is 0.471. The van der Waals surface area contributed by atoms with E-state index in [4.69, 9.17) is 4.74 Å². The van der Waals surface area contributed by atoms with Crippen molar-refractivity contribution in [3.05, 3.63) is 39.8 Å². The lowest BCUT2D eigenvalue weighted by Gasteiger charge is -2.13. The van der Waals surface area contributed by atoms with Crippen molar-refractivity contribution in [3.63, 3.8) is 0 Å². The van der Waals surface area contributed by atoms with E-state index in [2.05, 4.69) is 52.2 Å². The van der Waals surface area contributed by atoms with E-state index in [0.717, 1.165) is 20.7 Å². The van der Waals surface area contributed by atoms with Crippen molar-refractivity contribution in [2.75, 3.05) is 19.8 Å². The summed E-state index contributed by atoms with van der Waals surface area (Å²) in [7, 11) is 0. The van der Waals surface area contributed by atoms with E-state index in [1.54, 1.807) is 11.3 Å². The average molecular weight is 399 g/mol. The fourth-order valence-electron chi connectivity index (χ4n) is 2.01. The monoisotopic (exact) mass is 398 g/mol. The number of hydrogen-bond acceptors (Lipinski definition) is 5. The molecule has 0 aliphatic rings. The third-order valence-electron chi connectivity index (χ3n) is 3.07. The zero-order valence-corrected chi connectivity index (χ0v) is 15.9. The summed E-state index contributed by atoms with van der Waals surface area (Å²) in [6.45, 7) is 6.38. The molecule has 1 aromatic heterocycles. The van der Waals surface area contributed by atoms with Crippen LogP contribution < -0.4 is 5.32 Å². The summed E-state index contributed by atoms with van der Waals surface area (Å²) in [5, 5.41) is 16.1. The molecule has 1 atom stereocenters. The third kappa shape index (κ3) is 6.69. The molecular weight excluding hydrogens is 376 g/mol. The van der Waals surface area contributed by atoms with E-state index in [1.165, 1.54) is 0 Å². The predicted molar refractivity (Wildman–Crippen MR) is 98.6 cm³/mol. The first-order chi connectivity index (χ1) is 11.0. The Labute approximate surface area is 150 Å². The summed E-state index contributed by atoms with van der Waals surface area (Å²) in [4.78, 5) is 4.63. The number of halogens is 1. The quantitative estimate of drug-likeness (QED) is 0.675. The molecule has 0 radical (unpaired) electrons. The summed E-state index contributed by atoms with van der Waals surface area (Å²) in [5.41, 5.74) is 2.10. The van der Waals surface area contributed by atoms with Gasteiger partial charge in [0.15, 0.2) is 0 Å². The minimum Gasteiger partial charge on any atom is -0.389 e. The molecule has 1 unspecified atom stereocenters. The van der Waals surface area contributed by atoms with E-state index in [9.17, 15) is 5.11 Å². The molecule has 2 aromatic rings. The van der Waals surface area contributed by atoms with Gasteiger partial charge in [0.05, 0.1) is 18.4 Å². The number of aromatic nitrogens is 1. The number of aliphatic hydroxyl groups excluding tert-OH is 1. The van der Waals surface area contributed by atoms with Crippen LogP contribution in [0.3, 0.4) is 0 Å². The van der Waals surface area contributed by atoms with Crippen molar-refractivity contribution < 1.29 is 9.84 Å². The molecule has 0 spiro atoms. The van der Waals surface area contributed by atoms with E-state index < -0.39 is 6.10 Å². The standard InChI is InChI=1S/C17H23BrN2O2S/c1-12(2)9-22-10-16(21)8-19-7-15-11-23-17(20-15)13-4-3-5-14(18)6-13/h3-6,11-12,16,19,21H,7-10H2,1-2H3. The smallest absolute Gasteiger partial charge is 0.123 e. The SMILES string of the molecule is CC(C)COCC(O)CNCc1csc(-c2cccc(Br)c2)n1. The lowest BCUT2D eigenvalue weighted by molar-refractivity contribution is 0.0260. The second kappa shape index (κ2) is 9.49.